The number of benzene rings is 2. The molecule has 6 heteroatoms. The van der Waals surface area contributed by atoms with E-state index in [1.807, 2.05) is 25.1 Å². The average Bonchev–Trinajstić information content (AvgIpc) is 2.54. The van der Waals surface area contributed by atoms with Gasteiger partial charge in [-0.2, -0.15) is 0 Å². The summed E-state index contributed by atoms with van der Waals surface area (Å²) in [5, 5.41) is 1.62. The number of para-hydroxylation sites is 1. The minimum Gasteiger partial charge on any atom is -0.287 e. The summed E-state index contributed by atoms with van der Waals surface area (Å²) in [5.41, 5.74) is 1.43. The van der Waals surface area contributed by atoms with Crippen molar-refractivity contribution in [2.45, 2.75) is 24.4 Å². The standard InChI is InChI=1S/C17H14ClFN2OS/c1-2-21-16(22)13-5-3-4-6-15(13)20-17(21)23-10-11-7-8-12(19)9-14(11)18/h3-9H,2,10H2,1H3. The number of hydrogen-bond donors (Lipinski definition) is 0. The molecule has 3 aromatic rings. The highest BCUT2D eigenvalue weighted by molar-refractivity contribution is 7.98. The zero-order valence-electron chi connectivity index (χ0n) is 12.4. The first-order chi connectivity index (χ1) is 11.1. The molecule has 0 atom stereocenters. The van der Waals surface area contributed by atoms with Crippen LogP contribution in [-0.4, -0.2) is 9.55 Å². The van der Waals surface area contributed by atoms with Crippen LogP contribution in [-0.2, 0) is 12.3 Å². The minimum absolute atomic E-state index is 0.0502. The smallest absolute Gasteiger partial charge is 0.262 e. The molecule has 0 bridgehead atoms. The highest BCUT2D eigenvalue weighted by atomic mass is 35.5. The third-order valence-electron chi connectivity index (χ3n) is 3.51. The lowest BCUT2D eigenvalue weighted by Crippen LogP contribution is -2.22. The van der Waals surface area contributed by atoms with Crippen molar-refractivity contribution in [3.8, 4) is 0 Å². The Morgan fingerprint density at radius 2 is 2.04 bits per heavy atom. The summed E-state index contributed by atoms with van der Waals surface area (Å²) in [6, 6.07) is 11.6. The van der Waals surface area contributed by atoms with Gasteiger partial charge in [-0.15, -0.1) is 0 Å². The normalized spacial score (nSPS) is 11.1. The van der Waals surface area contributed by atoms with Crippen LogP contribution < -0.4 is 5.56 Å². The van der Waals surface area contributed by atoms with E-state index < -0.39 is 0 Å². The van der Waals surface area contributed by atoms with E-state index in [9.17, 15) is 9.18 Å². The largest absolute Gasteiger partial charge is 0.287 e. The number of aromatic nitrogens is 2. The molecule has 3 nitrogen and oxygen atoms in total. The molecule has 0 unspecified atom stereocenters. The molecule has 2 aromatic carbocycles. The van der Waals surface area contributed by atoms with Crippen LogP contribution in [0.4, 0.5) is 4.39 Å². The maximum atomic E-state index is 13.1. The van der Waals surface area contributed by atoms with Gasteiger partial charge in [0, 0.05) is 17.3 Å². The summed E-state index contributed by atoms with van der Waals surface area (Å²) >= 11 is 7.47. The van der Waals surface area contributed by atoms with Gasteiger partial charge in [0.05, 0.1) is 10.9 Å². The quantitative estimate of drug-likeness (QED) is 0.514. The molecule has 0 radical (unpaired) electrons. The zero-order valence-corrected chi connectivity index (χ0v) is 14.0. The Bertz CT molecular complexity index is 926. The Balaban J connectivity index is 1.97. The van der Waals surface area contributed by atoms with Crippen molar-refractivity contribution >= 4 is 34.3 Å². The molecule has 3 rings (SSSR count). The summed E-state index contributed by atoms with van der Waals surface area (Å²) in [4.78, 5) is 17.1. The van der Waals surface area contributed by atoms with Gasteiger partial charge in [-0.3, -0.25) is 9.36 Å². The van der Waals surface area contributed by atoms with Gasteiger partial charge in [-0.25, -0.2) is 9.37 Å². The molecule has 0 N–H and O–H groups in total. The van der Waals surface area contributed by atoms with Crippen LogP contribution in [0.3, 0.4) is 0 Å². The Morgan fingerprint density at radius 1 is 1.26 bits per heavy atom. The molecule has 0 saturated heterocycles. The Hall–Kier alpha value is -1.85. The summed E-state index contributed by atoms with van der Waals surface area (Å²) in [7, 11) is 0. The monoisotopic (exact) mass is 348 g/mol. The molecule has 0 saturated carbocycles. The highest BCUT2D eigenvalue weighted by Crippen LogP contribution is 2.26. The molecule has 118 valence electrons. The molecule has 0 aliphatic heterocycles. The number of nitrogens with zero attached hydrogens (tertiary/aromatic N) is 2. The molecule has 0 aliphatic carbocycles. The maximum absolute atomic E-state index is 13.1. The van der Waals surface area contributed by atoms with Crippen molar-refractivity contribution < 1.29 is 4.39 Å². The topological polar surface area (TPSA) is 34.9 Å². The van der Waals surface area contributed by atoms with Gasteiger partial charge in [-0.1, -0.05) is 41.6 Å². The first kappa shape index (κ1) is 16.0. The average molecular weight is 349 g/mol. The molecule has 0 aliphatic rings. The molecular weight excluding hydrogens is 335 g/mol. The van der Waals surface area contributed by atoms with Crippen molar-refractivity contribution in [1.82, 2.24) is 9.55 Å². The Morgan fingerprint density at radius 3 is 2.78 bits per heavy atom. The van der Waals surface area contributed by atoms with Crippen molar-refractivity contribution in [3.63, 3.8) is 0 Å². The molecule has 23 heavy (non-hydrogen) atoms. The highest BCUT2D eigenvalue weighted by Gasteiger charge is 2.11. The van der Waals surface area contributed by atoms with Gasteiger partial charge in [0.2, 0.25) is 0 Å². The second kappa shape index (κ2) is 6.72. The van der Waals surface area contributed by atoms with E-state index in [1.165, 1.54) is 23.9 Å². The van der Waals surface area contributed by atoms with E-state index >= 15 is 0 Å². The summed E-state index contributed by atoms with van der Waals surface area (Å²) < 4.78 is 14.8. The number of halogens is 2. The van der Waals surface area contributed by atoms with Crippen molar-refractivity contribution in [3.05, 3.63) is 69.2 Å². The van der Waals surface area contributed by atoms with Crippen LogP contribution in [0.2, 0.25) is 5.02 Å². The lowest BCUT2D eigenvalue weighted by atomic mass is 10.2. The molecular formula is C17H14ClFN2OS. The predicted molar refractivity (Wildman–Crippen MR) is 92.6 cm³/mol. The number of thioether (sulfide) groups is 1. The fourth-order valence-corrected chi connectivity index (χ4v) is 3.70. The summed E-state index contributed by atoms with van der Waals surface area (Å²) in [6.45, 7) is 2.45. The first-order valence-corrected chi connectivity index (χ1v) is 8.53. The van der Waals surface area contributed by atoms with Gasteiger partial charge in [0.25, 0.3) is 5.56 Å². The van der Waals surface area contributed by atoms with E-state index in [1.54, 1.807) is 16.7 Å². The Kier molecular flexibility index (Phi) is 4.68. The first-order valence-electron chi connectivity index (χ1n) is 7.16. The fourth-order valence-electron chi connectivity index (χ4n) is 2.32. The number of rotatable bonds is 4. The van der Waals surface area contributed by atoms with Gasteiger partial charge >= 0.3 is 0 Å². The maximum Gasteiger partial charge on any atom is 0.262 e. The summed E-state index contributed by atoms with van der Waals surface area (Å²) in [6.07, 6.45) is 0. The van der Waals surface area contributed by atoms with Crippen LogP contribution in [0.5, 0.6) is 0 Å². The third-order valence-corrected chi connectivity index (χ3v) is 4.89. The van der Waals surface area contributed by atoms with Crippen LogP contribution in [0, 0.1) is 5.82 Å². The third kappa shape index (κ3) is 3.26. The molecule has 0 spiro atoms. The van der Waals surface area contributed by atoms with E-state index in [2.05, 4.69) is 4.98 Å². The van der Waals surface area contributed by atoms with Crippen LogP contribution in [0.15, 0.2) is 52.4 Å². The van der Waals surface area contributed by atoms with Crippen molar-refractivity contribution in [1.29, 1.82) is 0 Å². The molecule has 1 heterocycles. The van der Waals surface area contributed by atoms with Crippen LogP contribution in [0.25, 0.3) is 10.9 Å². The van der Waals surface area contributed by atoms with E-state index in [-0.39, 0.29) is 11.4 Å². The molecule has 1 aromatic heterocycles. The zero-order chi connectivity index (χ0) is 16.4. The lowest BCUT2D eigenvalue weighted by Gasteiger charge is -2.11. The Labute approximate surface area is 142 Å². The second-order valence-corrected chi connectivity index (χ2v) is 6.34. The van der Waals surface area contributed by atoms with Gasteiger partial charge in [0.15, 0.2) is 5.16 Å². The van der Waals surface area contributed by atoms with Gasteiger partial charge in [-0.05, 0) is 36.8 Å². The second-order valence-electron chi connectivity index (χ2n) is 4.99. The van der Waals surface area contributed by atoms with Gasteiger partial charge < -0.3 is 0 Å². The van der Waals surface area contributed by atoms with Crippen LogP contribution >= 0.6 is 23.4 Å². The van der Waals surface area contributed by atoms with Gasteiger partial charge in [0.1, 0.15) is 5.82 Å². The lowest BCUT2D eigenvalue weighted by molar-refractivity contribution is 0.627. The molecule has 0 amide bonds. The van der Waals surface area contributed by atoms with E-state index in [0.29, 0.717) is 33.4 Å². The number of hydrogen-bond acceptors (Lipinski definition) is 3. The van der Waals surface area contributed by atoms with Crippen molar-refractivity contribution in [2.75, 3.05) is 0 Å². The predicted octanol–water partition coefficient (Wildman–Crippen LogP) is 4.50. The van der Waals surface area contributed by atoms with E-state index in [4.69, 9.17) is 11.6 Å². The summed E-state index contributed by atoms with van der Waals surface area (Å²) in [5.74, 6) is 0.155. The van der Waals surface area contributed by atoms with E-state index in [0.717, 1.165) is 5.56 Å². The minimum atomic E-state index is -0.363. The molecule has 0 fully saturated rings. The number of fused-ring (bicyclic) bond motifs is 1. The fraction of sp³-hybridized carbons (Fsp3) is 0.176. The van der Waals surface area contributed by atoms with Crippen molar-refractivity contribution in [2.24, 2.45) is 0 Å². The van der Waals surface area contributed by atoms with Crippen LogP contribution in [0.1, 0.15) is 12.5 Å². The SMILES string of the molecule is CCn1c(SCc2ccc(F)cc2Cl)nc2ccccc2c1=O.